The Labute approximate surface area is 94.8 Å². The number of rotatable bonds is 5. The summed E-state index contributed by atoms with van der Waals surface area (Å²) in [7, 11) is 0. The van der Waals surface area contributed by atoms with Crippen molar-refractivity contribution in [3.8, 4) is 5.88 Å². The van der Waals surface area contributed by atoms with Gasteiger partial charge in [-0.2, -0.15) is 0 Å². The van der Waals surface area contributed by atoms with Gasteiger partial charge in [0, 0.05) is 0 Å². The van der Waals surface area contributed by atoms with Gasteiger partial charge in [-0.25, -0.2) is 9.97 Å². The maximum atomic E-state index is 6.01. The average Bonchev–Trinajstić information content (AvgIpc) is 3.03. The summed E-state index contributed by atoms with van der Waals surface area (Å²) < 4.78 is 5.66. The molecule has 0 bridgehead atoms. The average molecular weight is 227 g/mol. The molecule has 1 heterocycles. The van der Waals surface area contributed by atoms with Crippen LogP contribution in [0.1, 0.15) is 31.7 Å². The monoisotopic (exact) mass is 226 g/mol. The van der Waals surface area contributed by atoms with E-state index in [4.69, 9.17) is 16.3 Å². The van der Waals surface area contributed by atoms with Gasteiger partial charge in [-0.05, 0) is 25.2 Å². The van der Waals surface area contributed by atoms with Crippen LogP contribution in [0.3, 0.4) is 0 Å². The van der Waals surface area contributed by atoms with E-state index in [9.17, 15) is 0 Å². The molecule has 15 heavy (non-hydrogen) atoms. The minimum atomic E-state index is 0.526. The first kappa shape index (κ1) is 10.7. The molecule has 1 aromatic heterocycles. The first-order valence-electron chi connectivity index (χ1n) is 5.43. The van der Waals surface area contributed by atoms with Gasteiger partial charge in [-0.15, -0.1) is 0 Å². The molecule has 1 aromatic rings. The van der Waals surface area contributed by atoms with Gasteiger partial charge in [-0.1, -0.05) is 24.9 Å². The zero-order chi connectivity index (χ0) is 10.7. The highest BCUT2D eigenvalue weighted by atomic mass is 35.5. The van der Waals surface area contributed by atoms with Gasteiger partial charge in [0.15, 0.2) is 0 Å². The van der Waals surface area contributed by atoms with Crippen LogP contribution in [0.15, 0.2) is 6.33 Å². The van der Waals surface area contributed by atoms with Gasteiger partial charge in [0.05, 0.1) is 12.2 Å². The molecule has 0 spiro atoms. The van der Waals surface area contributed by atoms with Gasteiger partial charge < -0.3 is 4.74 Å². The molecule has 3 nitrogen and oxygen atoms in total. The van der Waals surface area contributed by atoms with Crippen molar-refractivity contribution in [3.63, 3.8) is 0 Å². The summed E-state index contributed by atoms with van der Waals surface area (Å²) in [5.41, 5.74) is 0.947. The van der Waals surface area contributed by atoms with E-state index in [0.717, 1.165) is 30.9 Å². The Morgan fingerprint density at radius 1 is 1.47 bits per heavy atom. The molecule has 4 heteroatoms. The van der Waals surface area contributed by atoms with Crippen LogP contribution in [0, 0.1) is 5.92 Å². The summed E-state index contributed by atoms with van der Waals surface area (Å²) in [6.45, 7) is 2.87. The quantitative estimate of drug-likeness (QED) is 0.725. The highest BCUT2D eigenvalue weighted by molar-refractivity contribution is 6.30. The number of hydrogen-bond acceptors (Lipinski definition) is 3. The Hall–Kier alpha value is -0.830. The third kappa shape index (κ3) is 2.81. The van der Waals surface area contributed by atoms with E-state index in [1.807, 2.05) is 0 Å². The van der Waals surface area contributed by atoms with Crippen molar-refractivity contribution in [1.82, 2.24) is 9.97 Å². The highest BCUT2D eigenvalue weighted by Gasteiger charge is 2.23. The summed E-state index contributed by atoms with van der Waals surface area (Å²) in [5, 5.41) is 0.526. The summed E-state index contributed by atoms with van der Waals surface area (Å²) in [6, 6.07) is 0. The van der Waals surface area contributed by atoms with Crippen LogP contribution in [-0.4, -0.2) is 16.6 Å². The minimum Gasteiger partial charge on any atom is -0.477 e. The van der Waals surface area contributed by atoms with E-state index in [2.05, 4.69) is 16.9 Å². The summed E-state index contributed by atoms with van der Waals surface area (Å²) in [5.74, 6) is 1.40. The number of hydrogen-bond donors (Lipinski definition) is 0. The standard InChI is InChI=1S/C11H15ClN2O/c1-2-3-9-10(12)13-7-14-11(9)15-6-8-4-5-8/h7-8H,2-6H2,1H3. The Morgan fingerprint density at radius 3 is 2.93 bits per heavy atom. The Morgan fingerprint density at radius 2 is 2.27 bits per heavy atom. The number of halogens is 1. The zero-order valence-electron chi connectivity index (χ0n) is 8.87. The molecule has 1 aliphatic rings. The molecule has 0 N–H and O–H groups in total. The van der Waals surface area contributed by atoms with E-state index in [1.165, 1.54) is 19.2 Å². The number of aromatic nitrogens is 2. The van der Waals surface area contributed by atoms with E-state index < -0.39 is 0 Å². The van der Waals surface area contributed by atoms with Gasteiger partial charge in [0.2, 0.25) is 5.88 Å². The third-order valence-electron chi connectivity index (χ3n) is 2.51. The molecule has 1 saturated carbocycles. The van der Waals surface area contributed by atoms with Crippen LogP contribution >= 0.6 is 11.6 Å². The first-order valence-corrected chi connectivity index (χ1v) is 5.81. The molecular formula is C11H15ClN2O. The van der Waals surface area contributed by atoms with Crippen molar-refractivity contribution in [2.24, 2.45) is 5.92 Å². The number of nitrogens with zero attached hydrogens (tertiary/aromatic N) is 2. The van der Waals surface area contributed by atoms with Crippen molar-refractivity contribution in [3.05, 3.63) is 17.0 Å². The molecule has 0 unspecified atom stereocenters. The van der Waals surface area contributed by atoms with Crippen LogP contribution in [0.4, 0.5) is 0 Å². The largest absolute Gasteiger partial charge is 0.477 e. The summed E-state index contributed by atoms with van der Waals surface area (Å²) in [4.78, 5) is 8.12. The Balaban J connectivity index is 2.08. The molecule has 0 radical (unpaired) electrons. The summed E-state index contributed by atoms with van der Waals surface area (Å²) >= 11 is 6.01. The molecule has 1 fully saturated rings. The fraction of sp³-hybridized carbons (Fsp3) is 0.636. The molecule has 0 atom stereocenters. The maximum Gasteiger partial charge on any atom is 0.221 e. The minimum absolute atomic E-state index is 0.526. The zero-order valence-corrected chi connectivity index (χ0v) is 9.63. The van der Waals surface area contributed by atoms with Crippen molar-refractivity contribution < 1.29 is 4.74 Å². The van der Waals surface area contributed by atoms with Crippen LogP contribution in [0.2, 0.25) is 5.15 Å². The van der Waals surface area contributed by atoms with Crippen molar-refractivity contribution in [1.29, 1.82) is 0 Å². The van der Waals surface area contributed by atoms with Crippen molar-refractivity contribution >= 4 is 11.6 Å². The number of ether oxygens (including phenoxy) is 1. The normalized spacial score (nSPS) is 15.3. The SMILES string of the molecule is CCCc1c(Cl)ncnc1OCC1CC1. The highest BCUT2D eigenvalue weighted by Crippen LogP contribution is 2.30. The Kier molecular flexibility index (Phi) is 3.41. The molecule has 1 aliphatic carbocycles. The fourth-order valence-corrected chi connectivity index (χ4v) is 1.66. The van der Waals surface area contributed by atoms with E-state index in [1.54, 1.807) is 0 Å². The van der Waals surface area contributed by atoms with Crippen molar-refractivity contribution in [2.75, 3.05) is 6.61 Å². The molecule has 0 saturated heterocycles. The lowest BCUT2D eigenvalue weighted by Gasteiger charge is -2.09. The van der Waals surface area contributed by atoms with Crippen LogP contribution in [0.5, 0.6) is 5.88 Å². The van der Waals surface area contributed by atoms with E-state index >= 15 is 0 Å². The topological polar surface area (TPSA) is 35.0 Å². The summed E-state index contributed by atoms with van der Waals surface area (Å²) in [6.07, 6.45) is 5.92. The fourth-order valence-electron chi connectivity index (χ4n) is 1.44. The second-order valence-corrected chi connectivity index (χ2v) is 4.31. The Bertz CT molecular complexity index is 339. The molecule has 2 rings (SSSR count). The molecular weight excluding hydrogens is 212 g/mol. The van der Waals surface area contributed by atoms with E-state index in [0.29, 0.717) is 11.0 Å². The lowest BCUT2D eigenvalue weighted by atomic mass is 10.2. The molecule has 0 aromatic carbocycles. The van der Waals surface area contributed by atoms with Gasteiger partial charge in [0.1, 0.15) is 11.5 Å². The lowest BCUT2D eigenvalue weighted by Crippen LogP contribution is -2.05. The molecule has 0 amide bonds. The smallest absolute Gasteiger partial charge is 0.221 e. The lowest BCUT2D eigenvalue weighted by molar-refractivity contribution is 0.284. The van der Waals surface area contributed by atoms with Crippen LogP contribution in [-0.2, 0) is 6.42 Å². The van der Waals surface area contributed by atoms with E-state index in [-0.39, 0.29) is 0 Å². The third-order valence-corrected chi connectivity index (χ3v) is 2.83. The maximum absolute atomic E-state index is 6.01. The van der Waals surface area contributed by atoms with Gasteiger partial charge >= 0.3 is 0 Å². The molecule has 0 aliphatic heterocycles. The molecule has 82 valence electrons. The second-order valence-electron chi connectivity index (χ2n) is 3.95. The van der Waals surface area contributed by atoms with Gasteiger partial charge in [-0.3, -0.25) is 0 Å². The van der Waals surface area contributed by atoms with Crippen LogP contribution < -0.4 is 4.74 Å². The second kappa shape index (κ2) is 4.79. The van der Waals surface area contributed by atoms with Gasteiger partial charge in [0.25, 0.3) is 0 Å². The predicted octanol–water partition coefficient (Wildman–Crippen LogP) is 2.87. The first-order chi connectivity index (χ1) is 7.31. The van der Waals surface area contributed by atoms with Crippen molar-refractivity contribution in [2.45, 2.75) is 32.6 Å². The predicted molar refractivity (Wildman–Crippen MR) is 59.3 cm³/mol. The van der Waals surface area contributed by atoms with Crippen LogP contribution in [0.25, 0.3) is 0 Å².